The van der Waals surface area contributed by atoms with Gasteiger partial charge in [0, 0.05) is 36.7 Å². The van der Waals surface area contributed by atoms with Gasteiger partial charge < -0.3 is 4.90 Å². The van der Waals surface area contributed by atoms with Crippen LogP contribution in [0.1, 0.15) is 37.3 Å². The number of hydrogen-bond acceptors (Lipinski definition) is 2. The summed E-state index contributed by atoms with van der Waals surface area (Å²) in [6.07, 6.45) is 5.54. The molecule has 1 aromatic heterocycles. The van der Waals surface area contributed by atoms with Crippen LogP contribution in [-0.2, 0) is 16.6 Å². The predicted molar refractivity (Wildman–Crippen MR) is 91.1 cm³/mol. The number of aryl methyl sites for hydroxylation is 1. The minimum Gasteiger partial charge on any atom is -0.342 e. The summed E-state index contributed by atoms with van der Waals surface area (Å²) in [6, 6.07) is 13.1. The van der Waals surface area contributed by atoms with Crippen molar-refractivity contribution in [3.05, 3.63) is 53.7 Å². The summed E-state index contributed by atoms with van der Waals surface area (Å²) in [6.45, 7) is 2.33. The molecular weight excluding hydrogens is 284 g/mol. The van der Waals surface area contributed by atoms with Crippen molar-refractivity contribution >= 4 is 5.91 Å². The number of fused-ring (bicyclic) bond motifs is 3. The SMILES string of the molecule is CN1C(=O)CC[C@]2(C)c3ccc(-c4ccccn4)cc3CC[C@@H]12. The molecule has 2 heterocycles. The summed E-state index contributed by atoms with van der Waals surface area (Å²) in [4.78, 5) is 18.5. The lowest BCUT2D eigenvalue weighted by molar-refractivity contribution is -0.138. The van der Waals surface area contributed by atoms with Crippen molar-refractivity contribution < 1.29 is 4.79 Å². The van der Waals surface area contributed by atoms with Gasteiger partial charge in [-0.25, -0.2) is 0 Å². The number of nitrogens with zero attached hydrogens (tertiary/aromatic N) is 2. The highest BCUT2D eigenvalue weighted by atomic mass is 16.2. The number of piperidine rings is 1. The van der Waals surface area contributed by atoms with Crippen molar-refractivity contribution in [2.45, 2.75) is 44.1 Å². The lowest BCUT2D eigenvalue weighted by Crippen LogP contribution is -2.56. The monoisotopic (exact) mass is 306 g/mol. The van der Waals surface area contributed by atoms with Gasteiger partial charge in [-0.05, 0) is 48.6 Å². The number of aromatic nitrogens is 1. The van der Waals surface area contributed by atoms with E-state index in [1.165, 1.54) is 16.7 Å². The molecule has 2 aliphatic rings. The van der Waals surface area contributed by atoms with Gasteiger partial charge in [-0.1, -0.05) is 25.1 Å². The van der Waals surface area contributed by atoms with Crippen molar-refractivity contribution in [1.29, 1.82) is 0 Å². The molecule has 0 radical (unpaired) electrons. The number of carbonyl (C=O) groups excluding carboxylic acids is 1. The fourth-order valence-corrected chi connectivity index (χ4v) is 4.48. The molecule has 3 heteroatoms. The third kappa shape index (κ3) is 2.18. The molecular formula is C20H22N2O. The first-order valence-electron chi connectivity index (χ1n) is 8.40. The van der Waals surface area contributed by atoms with Crippen molar-refractivity contribution in [3.8, 4) is 11.3 Å². The highest BCUT2D eigenvalue weighted by Gasteiger charge is 2.46. The average Bonchev–Trinajstić information content (AvgIpc) is 2.59. The van der Waals surface area contributed by atoms with E-state index in [0.717, 1.165) is 25.0 Å². The van der Waals surface area contributed by atoms with E-state index in [4.69, 9.17) is 0 Å². The molecule has 4 rings (SSSR count). The molecule has 0 N–H and O–H groups in total. The zero-order valence-electron chi connectivity index (χ0n) is 13.7. The molecule has 0 unspecified atom stereocenters. The normalized spacial score (nSPS) is 26.6. The van der Waals surface area contributed by atoms with E-state index in [2.05, 4.69) is 36.2 Å². The minimum atomic E-state index is 0.0822. The largest absolute Gasteiger partial charge is 0.342 e. The molecule has 1 amide bonds. The third-order valence-corrected chi connectivity index (χ3v) is 5.82. The predicted octanol–water partition coefficient (Wildman–Crippen LogP) is 3.57. The van der Waals surface area contributed by atoms with Gasteiger partial charge in [-0.2, -0.15) is 0 Å². The van der Waals surface area contributed by atoms with E-state index in [1.807, 2.05) is 30.3 Å². The van der Waals surface area contributed by atoms with Gasteiger partial charge >= 0.3 is 0 Å². The maximum atomic E-state index is 12.1. The van der Waals surface area contributed by atoms with Crippen LogP contribution in [0.2, 0.25) is 0 Å². The molecule has 23 heavy (non-hydrogen) atoms. The second-order valence-corrected chi connectivity index (χ2v) is 7.06. The summed E-state index contributed by atoms with van der Waals surface area (Å²) in [5.41, 5.74) is 5.14. The fraction of sp³-hybridized carbons (Fsp3) is 0.400. The highest BCUT2D eigenvalue weighted by molar-refractivity contribution is 5.78. The van der Waals surface area contributed by atoms with Gasteiger partial charge in [-0.15, -0.1) is 0 Å². The highest BCUT2D eigenvalue weighted by Crippen LogP contribution is 2.46. The molecule has 0 bridgehead atoms. The van der Waals surface area contributed by atoms with Crippen LogP contribution in [0.5, 0.6) is 0 Å². The summed E-state index contributed by atoms with van der Waals surface area (Å²) in [5, 5.41) is 0. The van der Waals surface area contributed by atoms with Crippen molar-refractivity contribution in [2.75, 3.05) is 7.05 Å². The van der Waals surface area contributed by atoms with Crippen LogP contribution >= 0.6 is 0 Å². The first-order chi connectivity index (χ1) is 11.1. The van der Waals surface area contributed by atoms with Crippen molar-refractivity contribution in [3.63, 3.8) is 0 Å². The van der Waals surface area contributed by atoms with E-state index in [9.17, 15) is 4.79 Å². The first-order valence-corrected chi connectivity index (χ1v) is 8.40. The number of hydrogen-bond donors (Lipinski definition) is 0. The molecule has 0 saturated carbocycles. The van der Waals surface area contributed by atoms with Gasteiger partial charge in [0.25, 0.3) is 0 Å². The molecule has 3 nitrogen and oxygen atoms in total. The van der Waals surface area contributed by atoms with Crippen LogP contribution in [0.15, 0.2) is 42.6 Å². The molecule has 2 aromatic rings. The van der Waals surface area contributed by atoms with Crippen LogP contribution in [-0.4, -0.2) is 28.9 Å². The molecule has 118 valence electrons. The topological polar surface area (TPSA) is 33.2 Å². The van der Waals surface area contributed by atoms with Crippen LogP contribution < -0.4 is 0 Å². The second kappa shape index (κ2) is 5.19. The number of likely N-dealkylation sites (N-methyl/N-ethyl adjacent to an activating group) is 1. The summed E-state index contributed by atoms with van der Waals surface area (Å²) >= 11 is 0. The Balaban J connectivity index is 1.76. The van der Waals surface area contributed by atoms with Gasteiger partial charge in [0.2, 0.25) is 5.91 Å². The van der Waals surface area contributed by atoms with Crippen LogP contribution in [0.25, 0.3) is 11.3 Å². The second-order valence-electron chi connectivity index (χ2n) is 7.06. The average molecular weight is 306 g/mol. The van der Waals surface area contributed by atoms with Crippen molar-refractivity contribution in [1.82, 2.24) is 9.88 Å². The molecule has 0 spiro atoms. The standard InChI is InChI=1S/C20H22N2O/c1-20-11-10-19(23)22(2)18(20)9-7-14-13-15(6-8-16(14)20)17-5-3-4-12-21-17/h3-6,8,12-13,18H,7,9-11H2,1-2H3/t18-,20-/m1/s1. The molecule has 1 aliphatic carbocycles. The van der Waals surface area contributed by atoms with Gasteiger partial charge in [0.15, 0.2) is 0 Å². The van der Waals surface area contributed by atoms with Crippen molar-refractivity contribution in [2.24, 2.45) is 0 Å². The molecule has 2 atom stereocenters. The Morgan fingerprint density at radius 1 is 1.22 bits per heavy atom. The lowest BCUT2D eigenvalue weighted by atomic mass is 9.63. The Kier molecular flexibility index (Phi) is 3.26. The first kappa shape index (κ1) is 14.4. The molecule has 1 fully saturated rings. The Morgan fingerprint density at radius 2 is 2.09 bits per heavy atom. The number of carbonyl (C=O) groups is 1. The van der Waals surface area contributed by atoms with Crippen LogP contribution in [0.3, 0.4) is 0 Å². The van der Waals surface area contributed by atoms with Crippen LogP contribution in [0.4, 0.5) is 0 Å². The Hall–Kier alpha value is -2.16. The van der Waals surface area contributed by atoms with E-state index >= 15 is 0 Å². The van der Waals surface area contributed by atoms with E-state index in [1.54, 1.807) is 0 Å². The Bertz CT molecular complexity index is 755. The molecule has 1 aliphatic heterocycles. The summed E-state index contributed by atoms with van der Waals surface area (Å²) < 4.78 is 0. The fourth-order valence-electron chi connectivity index (χ4n) is 4.48. The van der Waals surface area contributed by atoms with E-state index in [0.29, 0.717) is 18.4 Å². The quantitative estimate of drug-likeness (QED) is 0.807. The van der Waals surface area contributed by atoms with Gasteiger partial charge in [0.05, 0.1) is 5.69 Å². The minimum absolute atomic E-state index is 0.0822. The molecule has 1 saturated heterocycles. The number of benzene rings is 1. The zero-order chi connectivity index (χ0) is 16.0. The van der Waals surface area contributed by atoms with Crippen LogP contribution in [0, 0.1) is 0 Å². The Morgan fingerprint density at radius 3 is 2.87 bits per heavy atom. The zero-order valence-corrected chi connectivity index (χ0v) is 13.7. The smallest absolute Gasteiger partial charge is 0.222 e. The van der Waals surface area contributed by atoms with E-state index < -0.39 is 0 Å². The van der Waals surface area contributed by atoms with Gasteiger partial charge in [-0.3, -0.25) is 9.78 Å². The lowest BCUT2D eigenvalue weighted by Gasteiger charge is -2.50. The molecule has 1 aromatic carbocycles. The number of likely N-dealkylation sites (tertiary alicyclic amines) is 1. The maximum absolute atomic E-state index is 12.1. The Labute approximate surface area is 137 Å². The number of pyridine rings is 1. The number of rotatable bonds is 1. The maximum Gasteiger partial charge on any atom is 0.222 e. The summed E-state index contributed by atoms with van der Waals surface area (Å²) in [7, 11) is 1.97. The third-order valence-electron chi connectivity index (χ3n) is 5.82. The summed E-state index contributed by atoms with van der Waals surface area (Å²) in [5.74, 6) is 0.293. The number of amides is 1. The van der Waals surface area contributed by atoms with E-state index in [-0.39, 0.29) is 5.41 Å². The van der Waals surface area contributed by atoms with Gasteiger partial charge in [0.1, 0.15) is 0 Å².